The van der Waals surface area contributed by atoms with E-state index in [4.69, 9.17) is 4.74 Å². The Kier molecular flexibility index (Phi) is 3.26. The highest BCUT2D eigenvalue weighted by molar-refractivity contribution is 5.71. The number of esters is 1. The minimum atomic E-state index is -1.70. The van der Waals surface area contributed by atoms with Gasteiger partial charge >= 0.3 is 5.97 Å². The van der Waals surface area contributed by atoms with Gasteiger partial charge in [-0.3, -0.25) is 4.79 Å². The average molecular weight is 234 g/mol. The summed E-state index contributed by atoms with van der Waals surface area (Å²) in [4.78, 5) is 11.1. The highest BCUT2D eigenvalue weighted by Crippen LogP contribution is 2.25. The molecule has 90 valence electrons. The molecule has 1 heterocycles. The topological polar surface area (TPSA) is 66.8 Å². The monoisotopic (exact) mass is 234 g/mol. The fourth-order valence-electron chi connectivity index (χ4n) is 1.78. The molecule has 1 fully saturated rings. The number of hydrogen-bond donors (Lipinski definition) is 2. The Hall–Kier alpha value is -1.65. The molecule has 1 aliphatic heterocycles. The molecule has 2 rings (SSSR count). The molecule has 2 N–H and O–H groups in total. The molecule has 0 bridgehead atoms. The number of cyclic esters (lactones) is 1. The number of aliphatic hydroxyl groups excluding tert-OH is 1. The van der Waals surface area contributed by atoms with Gasteiger partial charge in [-0.2, -0.15) is 0 Å². The maximum Gasteiger partial charge on any atom is 0.311 e. The lowest BCUT2D eigenvalue weighted by molar-refractivity contribution is -0.214. The van der Waals surface area contributed by atoms with Crippen molar-refractivity contribution in [2.75, 3.05) is 0 Å². The first-order valence-electron chi connectivity index (χ1n) is 5.44. The molecular formula is C13H14O4. The largest absolute Gasteiger partial charge is 0.429 e. The molecule has 4 heteroatoms. The van der Waals surface area contributed by atoms with Gasteiger partial charge in [0, 0.05) is 6.42 Å². The molecule has 0 amide bonds. The zero-order valence-electron chi connectivity index (χ0n) is 9.24. The van der Waals surface area contributed by atoms with Gasteiger partial charge in [-0.25, -0.2) is 0 Å². The van der Waals surface area contributed by atoms with Crippen molar-refractivity contribution in [3.05, 3.63) is 42.0 Å². The molecule has 0 unspecified atom stereocenters. The van der Waals surface area contributed by atoms with Crippen LogP contribution in [0.4, 0.5) is 0 Å². The van der Waals surface area contributed by atoms with Gasteiger partial charge in [-0.15, -0.1) is 0 Å². The van der Waals surface area contributed by atoms with Crippen molar-refractivity contribution in [3.63, 3.8) is 0 Å². The van der Waals surface area contributed by atoms with Crippen LogP contribution in [0, 0.1) is 0 Å². The zero-order chi connectivity index (χ0) is 12.3. The van der Waals surface area contributed by atoms with Crippen LogP contribution >= 0.6 is 0 Å². The van der Waals surface area contributed by atoms with Crippen molar-refractivity contribution in [1.82, 2.24) is 0 Å². The summed E-state index contributed by atoms with van der Waals surface area (Å²) in [7, 11) is 0. The predicted octanol–water partition coefficient (Wildman–Crippen LogP) is 1.09. The molecule has 1 aromatic rings. The minimum absolute atomic E-state index is 0.00206. The molecule has 0 aromatic heterocycles. The number of rotatable bonds is 2. The molecule has 4 nitrogen and oxygen atoms in total. The van der Waals surface area contributed by atoms with E-state index in [2.05, 4.69) is 0 Å². The average Bonchev–Trinajstić information content (AvgIpc) is 2.26. The van der Waals surface area contributed by atoms with Crippen molar-refractivity contribution in [1.29, 1.82) is 0 Å². The SMILES string of the molecule is O=C1C[C@@H](O)C[C@](O)(C=Cc2ccccc2)O1. The Morgan fingerprint density at radius 2 is 2.06 bits per heavy atom. The molecule has 1 aliphatic rings. The van der Waals surface area contributed by atoms with E-state index in [0.717, 1.165) is 5.56 Å². The van der Waals surface area contributed by atoms with Gasteiger partial charge in [-0.1, -0.05) is 36.4 Å². The Bertz CT molecular complexity index is 426. The standard InChI is InChI=1S/C13H14O4/c14-11-8-12(15)17-13(16,9-11)7-6-10-4-2-1-3-5-10/h1-7,11,14,16H,8-9H2/t11-,13+/m1/s1. The van der Waals surface area contributed by atoms with E-state index < -0.39 is 17.9 Å². The molecule has 0 aliphatic carbocycles. The third-order valence-electron chi connectivity index (χ3n) is 2.56. The Balaban J connectivity index is 2.11. The van der Waals surface area contributed by atoms with Gasteiger partial charge in [0.1, 0.15) is 0 Å². The first kappa shape index (κ1) is 11.8. The highest BCUT2D eigenvalue weighted by Gasteiger charge is 2.37. The van der Waals surface area contributed by atoms with Crippen LogP contribution < -0.4 is 0 Å². The van der Waals surface area contributed by atoms with Crippen LogP contribution in [-0.4, -0.2) is 28.1 Å². The maximum absolute atomic E-state index is 11.1. The van der Waals surface area contributed by atoms with E-state index in [9.17, 15) is 15.0 Å². The summed E-state index contributed by atoms with van der Waals surface area (Å²) in [5, 5.41) is 19.4. The molecule has 0 saturated carbocycles. The van der Waals surface area contributed by atoms with Crippen LogP contribution in [0.15, 0.2) is 36.4 Å². The minimum Gasteiger partial charge on any atom is -0.429 e. The van der Waals surface area contributed by atoms with Gasteiger partial charge in [0.05, 0.1) is 12.5 Å². The van der Waals surface area contributed by atoms with Crippen molar-refractivity contribution in [2.45, 2.75) is 24.7 Å². The molecular weight excluding hydrogens is 220 g/mol. The summed E-state index contributed by atoms with van der Waals surface area (Å²) in [5.41, 5.74) is 0.886. The second-order valence-corrected chi connectivity index (χ2v) is 4.12. The Labute approximate surface area is 99.2 Å². The fourth-order valence-corrected chi connectivity index (χ4v) is 1.78. The van der Waals surface area contributed by atoms with E-state index in [1.165, 1.54) is 6.08 Å². The van der Waals surface area contributed by atoms with Crippen molar-refractivity contribution < 1.29 is 19.7 Å². The molecule has 1 aromatic carbocycles. The second kappa shape index (κ2) is 4.69. The number of aliphatic hydroxyl groups is 2. The zero-order valence-corrected chi connectivity index (χ0v) is 9.24. The molecule has 2 atom stereocenters. The van der Waals surface area contributed by atoms with Crippen LogP contribution in [0.1, 0.15) is 18.4 Å². The molecule has 17 heavy (non-hydrogen) atoms. The van der Waals surface area contributed by atoms with Crippen LogP contribution in [0.5, 0.6) is 0 Å². The normalized spacial score (nSPS) is 29.3. The molecule has 1 saturated heterocycles. The lowest BCUT2D eigenvalue weighted by Crippen LogP contribution is -2.42. The van der Waals surface area contributed by atoms with E-state index in [0.29, 0.717) is 0 Å². The number of hydrogen-bond acceptors (Lipinski definition) is 4. The van der Waals surface area contributed by atoms with Crippen LogP contribution in [0.2, 0.25) is 0 Å². The van der Waals surface area contributed by atoms with Crippen LogP contribution in [0.25, 0.3) is 6.08 Å². The van der Waals surface area contributed by atoms with Crippen molar-refractivity contribution in [2.24, 2.45) is 0 Å². The number of ether oxygens (including phenoxy) is 1. The first-order valence-corrected chi connectivity index (χ1v) is 5.44. The summed E-state index contributed by atoms with van der Waals surface area (Å²) in [6, 6.07) is 9.34. The number of carbonyl (C=O) groups excluding carboxylic acids is 1. The lowest BCUT2D eigenvalue weighted by Gasteiger charge is -2.31. The van der Waals surface area contributed by atoms with E-state index in [-0.39, 0.29) is 12.8 Å². The van der Waals surface area contributed by atoms with E-state index in [1.807, 2.05) is 30.3 Å². The quantitative estimate of drug-likeness (QED) is 0.752. The van der Waals surface area contributed by atoms with E-state index >= 15 is 0 Å². The fraction of sp³-hybridized carbons (Fsp3) is 0.308. The van der Waals surface area contributed by atoms with Crippen molar-refractivity contribution >= 4 is 12.0 Å². The summed E-state index contributed by atoms with van der Waals surface area (Å²) < 4.78 is 4.84. The van der Waals surface area contributed by atoms with Gasteiger partial charge in [0.15, 0.2) is 0 Å². The molecule has 0 spiro atoms. The van der Waals surface area contributed by atoms with Crippen LogP contribution in [-0.2, 0) is 9.53 Å². The van der Waals surface area contributed by atoms with Gasteiger partial charge < -0.3 is 14.9 Å². The summed E-state index contributed by atoms with van der Waals surface area (Å²) in [6.07, 6.45) is 2.12. The summed E-state index contributed by atoms with van der Waals surface area (Å²) in [5.74, 6) is -2.30. The molecule has 0 radical (unpaired) electrons. The second-order valence-electron chi connectivity index (χ2n) is 4.12. The highest BCUT2D eigenvalue weighted by atomic mass is 16.7. The maximum atomic E-state index is 11.1. The van der Waals surface area contributed by atoms with E-state index in [1.54, 1.807) is 6.08 Å². The summed E-state index contributed by atoms with van der Waals surface area (Å²) >= 11 is 0. The van der Waals surface area contributed by atoms with Gasteiger partial charge in [-0.05, 0) is 11.6 Å². The smallest absolute Gasteiger partial charge is 0.311 e. The summed E-state index contributed by atoms with van der Waals surface area (Å²) in [6.45, 7) is 0. The predicted molar refractivity (Wildman–Crippen MR) is 61.8 cm³/mol. The van der Waals surface area contributed by atoms with Crippen LogP contribution in [0.3, 0.4) is 0 Å². The Morgan fingerprint density at radius 3 is 2.71 bits per heavy atom. The third kappa shape index (κ3) is 3.15. The van der Waals surface area contributed by atoms with Crippen molar-refractivity contribution in [3.8, 4) is 0 Å². The van der Waals surface area contributed by atoms with Gasteiger partial charge in [0.25, 0.3) is 0 Å². The first-order chi connectivity index (χ1) is 8.07. The number of carbonyl (C=O) groups is 1. The Morgan fingerprint density at radius 1 is 1.35 bits per heavy atom. The lowest BCUT2D eigenvalue weighted by atomic mass is 10.0. The van der Waals surface area contributed by atoms with Gasteiger partial charge in [0.2, 0.25) is 5.79 Å². The number of benzene rings is 1. The third-order valence-corrected chi connectivity index (χ3v) is 2.56.